The fourth-order valence-electron chi connectivity index (χ4n) is 1.47. The fraction of sp³-hybridized carbons (Fsp3) is 0.500. The molecular formula is C12H20N2O. The Balaban J connectivity index is 0.000000531. The number of ether oxygens (including phenoxy) is 1. The van der Waals surface area contributed by atoms with Crippen molar-refractivity contribution < 1.29 is 4.74 Å². The number of hydrogen-bond donors (Lipinski definition) is 2. The molecule has 1 atom stereocenters. The molecule has 0 radical (unpaired) electrons. The fourth-order valence-corrected chi connectivity index (χ4v) is 1.47. The van der Waals surface area contributed by atoms with Crippen LogP contribution in [-0.2, 0) is 0 Å². The summed E-state index contributed by atoms with van der Waals surface area (Å²) < 4.78 is 5.71. The molecule has 1 unspecified atom stereocenters. The van der Waals surface area contributed by atoms with Crippen molar-refractivity contribution in [2.75, 3.05) is 18.8 Å². The summed E-state index contributed by atoms with van der Waals surface area (Å²) >= 11 is 0. The van der Waals surface area contributed by atoms with Crippen molar-refractivity contribution in [1.82, 2.24) is 5.32 Å². The van der Waals surface area contributed by atoms with Crippen LogP contribution in [-0.4, -0.2) is 19.2 Å². The molecule has 84 valence electrons. The van der Waals surface area contributed by atoms with Gasteiger partial charge in [-0.2, -0.15) is 0 Å². The summed E-state index contributed by atoms with van der Waals surface area (Å²) in [5, 5.41) is 3.25. The summed E-state index contributed by atoms with van der Waals surface area (Å²) in [6.07, 6.45) is 1.41. The van der Waals surface area contributed by atoms with E-state index in [1.165, 1.54) is 0 Å². The first-order valence-electron chi connectivity index (χ1n) is 5.57. The minimum absolute atomic E-state index is 0.323. The van der Waals surface area contributed by atoms with Gasteiger partial charge in [0.1, 0.15) is 11.9 Å². The lowest BCUT2D eigenvalue weighted by atomic mass is 10.3. The molecule has 3 N–H and O–H groups in total. The molecule has 1 fully saturated rings. The molecular weight excluding hydrogens is 188 g/mol. The van der Waals surface area contributed by atoms with E-state index in [1.807, 2.05) is 38.1 Å². The van der Waals surface area contributed by atoms with Gasteiger partial charge in [0.15, 0.2) is 0 Å². The second kappa shape index (κ2) is 6.30. The highest BCUT2D eigenvalue weighted by molar-refractivity contribution is 5.41. The van der Waals surface area contributed by atoms with Crippen molar-refractivity contribution in [1.29, 1.82) is 0 Å². The van der Waals surface area contributed by atoms with Gasteiger partial charge in [-0.15, -0.1) is 0 Å². The Morgan fingerprint density at radius 1 is 1.27 bits per heavy atom. The predicted molar refractivity (Wildman–Crippen MR) is 64.1 cm³/mol. The van der Waals surface area contributed by atoms with Crippen LogP contribution >= 0.6 is 0 Å². The molecule has 0 saturated carbocycles. The Labute approximate surface area is 91.6 Å². The first-order valence-corrected chi connectivity index (χ1v) is 5.57. The Kier molecular flexibility index (Phi) is 4.98. The lowest BCUT2D eigenvalue weighted by Crippen LogP contribution is -2.19. The van der Waals surface area contributed by atoms with Gasteiger partial charge in [-0.1, -0.05) is 13.8 Å². The Morgan fingerprint density at radius 3 is 2.47 bits per heavy atom. The predicted octanol–water partition coefficient (Wildman–Crippen LogP) is 2.04. The molecule has 1 aliphatic heterocycles. The summed E-state index contributed by atoms with van der Waals surface area (Å²) in [6, 6.07) is 7.54. The second-order valence-corrected chi connectivity index (χ2v) is 3.30. The first-order chi connectivity index (χ1) is 7.34. The number of benzene rings is 1. The van der Waals surface area contributed by atoms with Crippen molar-refractivity contribution in [3.63, 3.8) is 0 Å². The first kappa shape index (κ1) is 11.9. The van der Waals surface area contributed by atoms with E-state index in [0.29, 0.717) is 6.10 Å². The van der Waals surface area contributed by atoms with E-state index < -0.39 is 0 Å². The lowest BCUT2D eigenvalue weighted by molar-refractivity contribution is 0.223. The van der Waals surface area contributed by atoms with E-state index >= 15 is 0 Å². The average molecular weight is 208 g/mol. The van der Waals surface area contributed by atoms with Crippen LogP contribution in [0.4, 0.5) is 5.69 Å². The summed E-state index contributed by atoms with van der Waals surface area (Å²) in [4.78, 5) is 0. The average Bonchev–Trinajstić information content (AvgIpc) is 2.77. The molecule has 0 amide bonds. The van der Waals surface area contributed by atoms with Gasteiger partial charge in [0.25, 0.3) is 0 Å². The quantitative estimate of drug-likeness (QED) is 0.731. The zero-order chi connectivity index (χ0) is 11.1. The smallest absolute Gasteiger partial charge is 0.119 e. The number of rotatable bonds is 2. The number of nitrogens with one attached hydrogen (secondary N) is 1. The standard InChI is InChI=1S/C10H14N2O.C2H6/c11-8-1-3-9(4-2-8)13-10-5-6-12-7-10;1-2/h1-4,10,12H,5-7,11H2;1-2H3. The summed E-state index contributed by atoms with van der Waals surface area (Å²) in [6.45, 7) is 6.00. The Morgan fingerprint density at radius 2 is 1.93 bits per heavy atom. The molecule has 1 aliphatic rings. The van der Waals surface area contributed by atoms with E-state index in [2.05, 4.69) is 5.32 Å². The second-order valence-electron chi connectivity index (χ2n) is 3.30. The van der Waals surface area contributed by atoms with E-state index in [4.69, 9.17) is 10.5 Å². The van der Waals surface area contributed by atoms with Gasteiger partial charge in [0.05, 0.1) is 0 Å². The van der Waals surface area contributed by atoms with Gasteiger partial charge in [0.2, 0.25) is 0 Å². The lowest BCUT2D eigenvalue weighted by Gasteiger charge is -2.11. The normalized spacial score (nSPS) is 19.2. The van der Waals surface area contributed by atoms with Crippen molar-refractivity contribution in [2.24, 2.45) is 0 Å². The maximum absolute atomic E-state index is 5.71. The molecule has 3 nitrogen and oxygen atoms in total. The number of nitrogen functional groups attached to an aromatic ring is 1. The van der Waals surface area contributed by atoms with Crippen LogP contribution in [0.15, 0.2) is 24.3 Å². The van der Waals surface area contributed by atoms with E-state index in [0.717, 1.165) is 30.9 Å². The zero-order valence-electron chi connectivity index (χ0n) is 9.49. The van der Waals surface area contributed by atoms with Crippen molar-refractivity contribution in [3.05, 3.63) is 24.3 Å². The van der Waals surface area contributed by atoms with E-state index in [9.17, 15) is 0 Å². The van der Waals surface area contributed by atoms with Crippen molar-refractivity contribution >= 4 is 5.69 Å². The van der Waals surface area contributed by atoms with Gasteiger partial charge in [-0.05, 0) is 37.2 Å². The highest BCUT2D eigenvalue weighted by Gasteiger charge is 2.15. The molecule has 0 bridgehead atoms. The molecule has 15 heavy (non-hydrogen) atoms. The van der Waals surface area contributed by atoms with Crippen LogP contribution < -0.4 is 15.8 Å². The highest BCUT2D eigenvalue weighted by Crippen LogP contribution is 2.16. The molecule has 3 heteroatoms. The highest BCUT2D eigenvalue weighted by atomic mass is 16.5. The topological polar surface area (TPSA) is 47.3 Å². The molecule has 0 aromatic heterocycles. The largest absolute Gasteiger partial charge is 0.489 e. The van der Waals surface area contributed by atoms with Gasteiger partial charge in [0, 0.05) is 12.2 Å². The van der Waals surface area contributed by atoms with E-state index in [1.54, 1.807) is 0 Å². The zero-order valence-corrected chi connectivity index (χ0v) is 9.49. The number of nitrogens with two attached hydrogens (primary N) is 1. The van der Waals surface area contributed by atoms with E-state index in [-0.39, 0.29) is 0 Å². The SMILES string of the molecule is CC.Nc1ccc(OC2CCNC2)cc1. The third-order valence-electron chi connectivity index (χ3n) is 2.20. The number of anilines is 1. The van der Waals surface area contributed by atoms with Gasteiger partial charge in [-0.3, -0.25) is 0 Å². The Bertz CT molecular complexity index is 265. The van der Waals surface area contributed by atoms with Crippen LogP contribution in [0.2, 0.25) is 0 Å². The van der Waals surface area contributed by atoms with Crippen molar-refractivity contribution in [2.45, 2.75) is 26.4 Å². The minimum atomic E-state index is 0.323. The maximum atomic E-state index is 5.71. The van der Waals surface area contributed by atoms with Crippen LogP contribution in [0.3, 0.4) is 0 Å². The van der Waals surface area contributed by atoms with Crippen LogP contribution in [0.5, 0.6) is 5.75 Å². The summed E-state index contributed by atoms with van der Waals surface area (Å²) in [5.74, 6) is 0.905. The molecule has 2 rings (SSSR count). The summed E-state index contributed by atoms with van der Waals surface area (Å²) in [5.41, 5.74) is 6.34. The van der Waals surface area contributed by atoms with Crippen LogP contribution in [0.1, 0.15) is 20.3 Å². The monoisotopic (exact) mass is 208 g/mol. The number of hydrogen-bond acceptors (Lipinski definition) is 3. The van der Waals surface area contributed by atoms with Crippen molar-refractivity contribution in [3.8, 4) is 5.75 Å². The third-order valence-corrected chi connectivity index (χ3v) is 2.20. The molecule has 1 aromatic rings. The molecule has 1 heterocycles. The van der Waals surface area contributed by atoms with Gasteiger partial charge in [-0.25, -0.2) is 0 Å². The molecule has 1 aromatic carbocycles. The summed E-state index contributed by atoms with van der Waals surface area (Å²) in [7, 11) is 0. The molecule has 0 spiro atoms. The van der Waals surface area contributed by atoms with Gasteiger partial charge >= 0.3 is 0 Å². The van der Waals surface area contributed by atoms with Crippen LogP contribution in [0, 0.1) is 0 Å². The maximum Gasteiger partial charge on any atom is 0.119 e. The third kappa shape index (κ3) is 3.80. The van der Waals surface area contributed by atoms with Gasteiger partial charge < -0.3 is 15.8 Å². The molecule has 1 saturated heterocycles. The minimum Gasteiger partial charge on any atom is -0.489 e. The Hall–Kier alpha value is -1.22. The molecule has 0 aliphatic carbocycles. The van der Waals surface area contributed by atoms with Crippen LogP contribution in [0.25, 0.3) is 0 Å².